The van der Waals surface area contributed by atoms with E-state index < -0.39 is 0 Å². The van der Waals surface area contributed by atoms with Crippen LogP contribution in [0.2, 0.25) is 0 Å². The first-order chi connectivity index (χ1) is 10.1. The van der Waals surface area contributed by atoms with Gasteiger partial charge >= 0.3 is 0 Å². The van der Waals surface area contributed by atoms with Gasteiger partial charge in [0.25, 0.3) is 0 Å². The number of aromatic nitrogens is 2. The van der Waals surface area contributed by atoms with Crippen molar-refractivity contribution in [2.75, 3.05) is 44.1 Å². The van der Waals surface area contributed by atoms with Crippen LogP contribution in [0.4, 0.5) is 11.6 Å². The van der Waals surface area contributed by atoms with Gasteiger partial charge in [-0.15, -0.1) is 0 Å². The van der Waals surface area contributed by atoms with E-state index in [-0.39, 0.29) is 11.9 Å². The van der Waals surface area contributed by atoms with E-state index >= 15 is 0 Å². The molecule has 7 heteroatoms. The normalized spacial score (nSPS) is 18.5. The summed E-state index contributed by atoms with van der Waals surface area (Å²) in [5.41, 5.74) is 0.950. The molecular weight excluding hydrogens is 270 g/mol. The number of carbonyl (C=O) groups excluding carboxylic acids is 1. The van der Waals surface area contributed by atoms with Gasteiger partial charge < -0.3 is 20.3 Å². The summed E-state index contributed by atoms with van der Waals surface area (Å²) in [6, 6.07) is -0.355. The average Bonchev–Trinajstić information content (AvgIpc) is 2.54. The third-order valence-corrected chi connectivity index (χ3v) is 3.67. The fourth-order valence-corrected chi connectivity index (χ4v) is 2.47. The molecule has 7 nitrogen and oxygen atoms in total. The molecule has 1 aromatic rings. The largest absolute Gasteiger partial charge is 0.377 e. The molecule has 21 heavy (non-hydrogen) atoms. The standard InChI is InChI=1S/C14H23N5O2/c1-5-11-17-12(15-3)9(2)13(18-11)19-6-7-21-8-10(19)14(20)16-4/h10H,5-8H2,1-4H3,(H,16,20)(H,15,17,18). The maximum absolute atomic E-state index is 12.1. The van der Waals surface area contributed by atoms with Gasteiger partial charge in [0.15, 0.2) is 0 Å². The van der Waals surface area contributed by atoms with Crippen LogP contribution in [0.3, 0.4) is 0 Å². The van der Waals surface area contributed by atoms with Gasteiger partial charge in [0.05, 0.1) is 13.2 Å². The molecule has 0 aliphatic carbocycles. The lowest BCUT2D eigenvalue weighted by molar-refractivity contribution is -0.124. The van der Waals surface area contributed by atoms with E-state index in [0.717, 1.165) is 29.4 Å². The Labute approximate surface area is 125 Å². The van der Waals surface area contributed by atoms with E-state index in [0.29, 0.717) is 19.8 Å². The Kier molecular flexibility index (Phi) is 4.95. The lowest BCUT2D eigenvalue weighted by Gasteiger charge is -2.36. The van der Waals surface area contributed by atoms with Crippen molar-refractivity contribution >= 4 is 17.5 Å². The third-order valence-electron chi connectivity index (χ3n) is 3.67. The zero-order valence-electron chi connectivity index (χ0n) is 13.1. The van der Waals surface area contributed by atoms with Crippen molar-refractivity contribution in [3.63, 3.8) is 0 Å². The molecule has 0 saturated carbocycles. The average molecular weight is 293 g/mol. The van der Waals surface area contributed by atoms with Crippen LogP contribution in [0.1, 0.15) is 18.3 Å². The molecule has 0 aromatic carbocycles. The number of nitrogens with one attached hydrogen (secondary N) is 2. The number of carbonyl (C=O) groups is 1. The van der Waals surface area contributed by atoms with E-state index in [1.165, 1.54) is 0 Å². The first-order valence-corrected chi connectivity index (χ1v) is 7.23. The van der Waals surface area contributed by atoms with Gasteiger partial charge in [0, 0.05) is 32.6 Å². The molecule has 116 valence electrons. The number of amides is 1. The van der Waals surface area contributed by atoms with Crippen molar-refractivity contribution in [3.05, 3.63) is 11.4 Å². The monoisotopic (exact) mass is 293 g/mol. The Balaban J connectivity index is 2.44. The summed E-state index contributed by atoms with van der Waals surface area (Å²) in [4.78, 5) is 23.2. The predicted octanol–water partition coefficient (Wildman–Crippen LogP) is 0.340. The van der Waals surface area contributed by atoms with Crippen LogP contribution < -0.4 is 15.5 Å². The zero-order valence-corrected chi connectivity index (χ0v) is 13.1. The van der Waals surface area contributed by atoms with Crippen molar-refractivity contribution < 1.29 is 9.53 Å². The van der Waals surface area contributed by atoms with Gasteiger partial charge in [-0.05, 0) is 6.92 Å². The number of morpholine rings is 1. The second-order valence-corrected chi connectivity index (χ2v) is 4.94. The Morgan fingerprint density at radius 1 is 1.43 bits per heavy atom. The van der Waals surface area contributed by atoms with E-state index in [1.807, 2.05) is 25.8 Å². The highest BCUT2D eigenvalue weighted by Crippen LogP contribution is 2.26. The minimum absolute atomic E-state index is 0.0585. The van der Waals surface area contributed by atoms with Crippen LogP contribution in [0.15, 0.2) is 0 Å². The highest BCUT2D eigenvalue weighted by molar-refractivity contribution is 5.85. The number of nitrogens with zero attached hydrogens (tertiary/aromatic N) is 3. The molecule has 2 rings (SSSR count). The molecule has 1 aliphatic rings. The Hall–Kier alpha value is -1.89. The van der Waals surface area contributed by atoms with Crippen molar-refractivity contribution in [1.82, 2.24) is 15.3 Å². The van der Waals surface area contributed by atoms with Crippen LogP contribution in [0.5, 0.6) is 0 Å². The fourth-order valence-electron chi connectivity index (χ4n) is 2.47. The summed E-state index contributed by atoms with van der Waals surface area (Å²) >= 11 is 0. The van der Waals surface area contributed by atoms with Crippen molar-refractivity contribution in [2.24, 2.45) is 0 Å². The zero-order chi connectivity index (χ0) is 15.4. The van der Waals surface area contributed by atoms with E-state index in [4.69, 9.17) is 4.74 Å². The first-order valence-electron chi connectivity index (χ1n) is 7.23. The molecule has 1 aromatic heterocycles. The summed E-state index contributed by atoms with van der Waals surface area (Å²) in [6.07, 6.45) is 0.747. The number of hydrogen-bond donors (Lipinski definition) is 2. The summed E-state index contributed by atoms with van der Waals surface area (Å²) in [7, 11) is 3.48. The minimum Gasteiger partial charge on any atom is -0.377 e. The van der Waals surface area contributed by atoms with Crippen LogP contribution in [-0.4, -0.2) is 55.8 Å². The Bertz CT molecular complexity index is 520. The molecule has 2 N–H and O–H groups in total. The molecule has 2 heterocycles. The van der Waals surface area contributed by atoms with Gasteiger partial charge in [-0.25, -0.2) is 9.97 Å². The van der Waals surface area contributed by atoms with Gasteiger partial charge in [-0.3, -0.25) is 4.79 Å². The number of aryl methyl sites for hydroxylation is 1. The van der Waals surface area contributed by atoms with E-state index in [1.54, 1.807) is 7.05 Å². The number of anilines is 2. The van der Waals surface area contributed by atoms with E-state index in [2.05, 4.69) is 20.6 Å². The third kappa shape index (κ3) is 3.07. The van der Waals surface area contributed by atoms with Crippen LogP contribution in [0, 0.1) is 6.92 Å². The fraction of sp³-hybridized carbons (Fsp3) is 0.643. The number of ether oxygens (including phenoxy) is 1. The topological polar surface area (TPSA) is 79.4 Å². The highest BCUT2D eigenvalue weighted by Gasteiger charge is 2.31. The summed E-state index contributed by atoms with van der Waals surface area (Å²) in [6.45, 7) is 5.59. The summed E-state index contributed by atoms with van der Waals surface area (Å²) < 4.78 is 5.45. The maximum atomic E-state index is 12.1. The van der Waals surface area contributed by atoms with Gasteiger partial charge in [-0.2, -0.15) is 0 Å². The maximum Gasteiger partial charge on any atom is 0.244 e. The van der Waals surface area contributed by atoms with Crippen molar-refractivity contribution in [3.8, 4) is 0 Å². The van der Waals surface area contributed by atoms with Crippen LogP contribution >= 0.6 is 0 Å². The molecule has 1 atom stereocenters. The van der Waals surface area contributed by atoms with Gasteiger partial charge in [0.2, 0.25) is 5.91 Å². The molecular formula is C14H23N5O2. The molecule has 0 spiro atoms. The van der Waals surface area contributed by atoms with E-state index in [9.17, 15) is 4.79 Å². The highest BCUT2D eigenvalue weighted by atomic mass is 16.5. The predicted molar refractivity (Wildman–Crippen MR) is 81.7 cm³/mol. The molecule has 1 fully saturated rings. The summed E-state index contributed by atoms with van der Waals surface area (Å²) in [5.74, 6) is 2.32. The van der Waals surface area contributed by atoms with Gasteiger partial charge in [-0.1, -0.05) is 6.92 Å². The lowest BCUT2D eigenvalue weighted by atomic mass is 10.1. The summed E-state index contributed by atoms with van der Waals surface area (Å²) in [5, 5.41) is 5.79. The van der Waals surface area contributed by atoms with Crippen molar-refractivity contribution in [2.45, 2.75) is 26.3 Å². The quantitative estimate of drug-likeness (QED) is 0.833. The molecule has 0 radical (unpaired) electrons. The second kappa shape index (κ2) is 6.71. The smallest absolute Gasteiger partial charge is 0.244 e. The van der Waals surface area contributed by atoms with Crippen LogP contribution in [0.25, 0.3) is 0 Å². The molecule has 1 unspecified atom stereocenters. The van der Waals surface area contributed by atoms with Crippen LogP contribution in [-0.2, 0) is 16.0 Å². The molecule has 1 aliphatic heterocycles. The SMILES string of the molecule is CCc1nc(NC)c(C)c(N2CCOCC2C(=O)NC)n1. The number of likely N-dealkylation sites (N-methyl/N-ethyl adjacent to an activating group) is 1. The molecule has 1 saturated heterocycles. The lowest BCUT2D eigenvalue weighted by Crippen LogP contribution is -2.54. The Morgan fingerprint density at radius 3 is 2.81 bits per heavy atom. The Morgan fingerprint density at radius 2 is 2.19 bits per heavy atom. The molecule has 1 amide bonds. The molecule has 0 bridgehead atoms. The number of rotatable bonds is 4. The number of hydrogen-bond acceptors (Lipinski definition) is 6. The van der Waals surface area contributed by atoms with Crippen molar-refractivity contribution in [1.29, 1.82) is 0 Å². The van der Waals surface area contributed by atoms with Gasteiger partial charge in [0.1, 0.15) is 23.5 Å². The first kappa shape index (κ1) is 15.5. The second-order valence-electron chi connectivity index (χ2n) is 4.94. The minimum atomic E-state index is -0.355.